The van der Waals surface area contributed by atoms with Crippen molar-refractivity contribution in [1.29, 1.82) is 0 Å². The van der Waals surface area contributed by atoms with Gasteiger partial charge in [-0.05, 0) is 28.1 Å². The summed E-state index contributed by atoms with van der Waals surface area (Å²) < 4.78 is 5.92. The Morgan fingerprint density at radius 3 is 3.00 bits per heavy atom. The number of furan rings is 1. The maximum absolute atomic E-state index is 5.14. The Morgan fingerprint density at radius 1 is 1.55 bits per heavy atom. The Labute approximate surface area is 71.5 Å². The van der Waals surface area contributed by atoms with Crippen LogP contribution in [0.4, 0.5) is 0 Å². The van der Waals surface area contributed by atoms with Crippen LogP contribution >= 0.6 is 15.9 Å². The molecule has 0 atom stereocenters. The van der Waals surface area contributed by atoms with E-state index in [9.17, 15) is 0 Å². The van der Waals surface area contributed by atoms with Gasteiger partial charge in [-0.15, -0.1) is 0 Å². The number of halogens is 1. The molecule has 2 heterocycles. The largest absolute Gasteiger partial charge is 0.463 e. The second kappa shape index (κ2) is 2.54. The lowest BCUT2D eigenvalue weighted by molar-refractivity contribution is 0.580. The van der Waals surface area contributed by atoms with E-state index in [4.69, 9.17) is 4.42 Å². The fourth-order valence-electron chi connectivity index (χ4n) is 0.855. The van der Waals surface area contributed by atoms with E-state index in [2.05, 4.69) is 26.1 Å². The highest BCUT2D eigenvalue weighted by Gasteiger charge is 2.02. The topological polar surface area (TPSA) is 41.8 Å². The first kappa shape index (κ1) is 6.67. The molecule has 11 heavy (non-hydrogen) atoms. The lowest BCUT2D eigenvalue weighted by atomic mass is 10.3. The number of aromatic nitrogens is 2. The van der Waals surface area contributed by atoms with Crippen molar-refractivity contribution in [1.82, 2.24) is 10.2 Å². The minimum absolute atomic E-state index is 0.781. The summed E-state index contributed by atoms with van der Waals surface area (Å²) in [6, 6.07) is 5.57. The van der Waals surface area contributed by atoms with E-state index < -0.39 is 0 Å². The van der Waals surface area contributed by atoms with Gasteiger partial charge in [-0.3, -0.25) is 5.10 Å². The lowest BCUT2D eigenvalue weighted by Crippen LogP contribution is -1.71. The number of nitrogens with zero attached hydrogens (tertiary/aromatic N) is 1. The van der Waals surface area contributed by atoms with E-state index in [-0.39, 0.29) is 0 Å². The Balaban J connectivity index is 2.45. The standard InChI is InChI=1S/C7H5BrN2O/c8-7-4-5(9-10-7)6-2-1-3-11-6/h1-4H,(H,9,10). The molecule has 0 fully saturated rings. The van der Waals surface area contributed by atoms with E-state index in [1.807, 2.05) is 18.2 Å². The molecule has 0 aliphatic carbocycles. The van der Waals surface area contributed by atoms with Crippen molar-refractivity contribution in [2.75, 3.05) is 0 Å². The smallest absolute Gasteiger partial charge is 0.151 e. The van der Waals surface area contributed by atoms with Crippen molar-refractivity contribution >= 4 is 15.9 Å². The summed E-state index contributed by atoms with van der Waals surface area (Å²) in [5.74, 6) is 0.795. The molecule has 3 nitrogen and oxygen atoms in total. The van der Waals surface area contributed by atoms with Gasteiger partial charge in [0.05, 0.1) is 6.26 Å². The van der Waals surface area contributed by atoms with Gasteiger partial charge in [-0.25, -0.2) is 0 Å². The van der Waals surface area contributed by atoms with Gasteiger partial charge in [-0.2, -0.15) is 5.10 Å². The maximum Gasteiger partial charge on any atom is 0.151 e. The third-order valence-corrected chi connectivity index (χ3v) is 1.74. The number of aromatic amines is 1. The highest BCUT2D eigenvalue weighted by atomic mass is 79.9. The van der Waals surface area contributed by atoms with Crippen molar-refractivity contribution in [3.05, 3.63) is 29.1 Å². The van der Waals surface area contributed by atoms with E-state index in [1.54, 1.807) is 6.26 Å². The predicted molar refractivity (Wildman–Crippen MR) is 44.0 cm³/mol. The molecular weight excluding hydrogens is 208 g/mol. The molecule has 0 aliphatic rings. The Morgan fingerprint density at radius 2 is 2.45 bits per heavy atom. The zero-order valence-electron chi connectivity index (χ0n) is 5.54. The van der Waals surface area contributed by atoms with Gasteiger partial charge in [-0.1, -0.05) is 0 Å². The van der Waals surface area contributed by atoms with Crippen LogP contribution in [0.15, 0.2) is 33.5 Å². The number of hydrogen-bond donors (Lipinski definition) is 1. The molecule has 56 valence electrons. The van der Waals surface area contributed by atoms with Crippen LogP contribution in [-0.2, 0) is 0 Å². The summed E-state index contributed by atoms with van der Waals surface area (Å²) in [7, 11) is 0. The summed E-state index contributed by atoms with van der Waals surface area (Å²) in [5.41, 5.74) is 0.877. The van der Waals surface area contributed by atoms with Gasteiger partial charge in [0.1, 0.15) is 10.3 Å². The first-order valence-corrected chi connectivity index (χ1v) is 3.90. The third-order valence-electron chi connectivity index (χ3n) is 1.33. The maximum atomic E-state index is 5.14. The Hall–Kier alpha value is -1.03. The van der Waals surface area contributed by atoms with Crippen LogP contribution in [0.1, 0.15) is 0 Å². The van der Waals surface area contributed by atoms with Crippen molar-refractivity contribution in [2.45, 2.75) is 0 Å². The molecule has 0 spiro atoms. The van der Waals surface area contributed by atoms with Gasteiger partial charge < -0.3 is 4.42 Å². The van der Waals surface area contributed by atoms with Gasteiger partial charge >= 0.3 is 0 Å². The minimum Gasteiger partial charge on any atom is -0.463 e. The zero-order valence-corrected chi connectivity index (χ0v) is 7.13. The molecule has 0 unspecified atom stereocenters. The van der Waals surface area contributed by atoms with Crippen molar-refractivity contribution < 1.29 is 4.42 Å². The summed E-state index contributed by atoms with van der Waals surface area (Å²) >= 11 is 3.23. The fourth-order valence-corrected chi connectivity index (χ4v) is 1.17. The second-order valence-electron chi connectivity index (χ2n) is 2.08. The van der Waals surface area contributed by atoms with E-state index in [1.165, 1.54) is 0 Å². The van der Waals surface area contributed by atoms with E-state index >= 15 is 0 Å². The molecule has 2 rings (SSSR count). The summed E-state index contributed by atoms with van der Waals surface area (Å²) in [4.78, 5) is 0. The quantitative estimate of drug-likeness (QED) is 0.790. The van der Waals surface area contributed by atoms with E-state index in [0.29, 0.717) is 0 Å². The minimum atomic E-state index is 0.781. The molecular formula is C7H5BrN2O. The SMILES string of the molecule is Brc1cc(-c2ccco2)[nH]n1. The average Bonchev–Trinajstić information content (AvgIpc) is 2.55. The van der Waals surface area contributed by atoms with Gasteiger partial charge in [0, 0.05) is 6.07 Å². The molecule has 0 amide bonds. The second-order valence-corrected chi connectivity index (χ2v) is 2.89. The monoisotopic (exact) mass is 212 g/mol. The summed E-state index contributed by atoms with van der Waals surface area (Å²) in [5, 5.41) is 6.72. The van der Waals surface area contributed by atoms with Crippen molar-refractivity contribution in [3.8, 4) is 11.5 Å². The van der Waals surface area contributed by atoms with E-state index in [0.717, 1.165) is 16.1 Å². The van der Waals surface area contributed by atoms with Crippen LogP contribution in [0.25, 0.3) is 11.5 Å². The predicted octanol–water partition coefficient (Wildman–Crippen LogP) is 2.43. The van der Waals surface area contributed by atoms with Crippen LogP contribution in [0.3, 0.4) is 0 Å². The first-order chi connectivity index (χ1) is 5.36. The number of hydrogen-bond acceptors (Lipinski definition) is 2. The van der Waals surface area contributed by atoms with Gasteiger partial charge in [0.15, 0.2) is 5.76 Å². The molecule has 0 aliphatic heterocycles. The van der Waals surface area contributed by atoms with Crippen LogP contribution < -0.4 is 0 Å². The van der Waals surface area contributed by atoms with Gasteiger partial charge in [0.25, 0.3) is 0 Å². The normalized spacial score (nSPS) is 10.3. The molecule has 0 saturated carbocycles. The zero-order chi connectivity index (χ0) is 7.68. The molecule has 0 radical (unpaired) electrons. The first-order valence-electron chi connectivity index (χ1n) is 3.11. The third kappa shape index (κ3) is 1.21. The molecule has 0 saturated heterocycles. The lowest BCUT2D eigenvalue weighted by Gasteiger charge is -1.85. The number of nitrogens with one attached hydrogen (secondary N) is 1. The Bertz CT molecular complexity index is 339. The summed E-state index contributed by atoms with van der Waals surface area (Å²) in [6.07, 6.45) is 1.63. The molecule has 2 aromatic rings. The highest BCUT2D eigenvalue weighted by Crippen LogP contribution is 2.19. The summed E-state index contributed by atoms with van der Waals surface area (Å²) in [6.45, 7) is 0. The van der Waals surface area contributed by atoms with Crippen molar-refractivity contribution in [2.24, 2.45) is 0 Å². The molecule has 4 heteroatoms. The molecule has 0 aromatic carbocycles. The van der Waals surface area contributed by atoms with Gasteiger partial charge in [0.2, 0.25) is 0 Å². The van der Waals surface area contributed by atoms with Crippen LogP contribution in [0.5, 0.6) is 0 Å². The van der Waals surface area contributed by atoms with Crippen LogP contribution in [-0.4, -0.2) is 10.2 Å². The number of rotatable bonds is 1. The molecule has 0 bridgehead atoms. The number of H-pyrrole nitrogens is 1. The molecule has 1 N–H and O–H groups in total. The Kier molecular flexibility index (Phi) is 1.54. The van der Waals surface area contributed by atoms with Crippen LogP contribution in [0.2, 0.25) is 0 Å². The van der Waals surface area contributed by atoms with Crippen molar-refractivity contribution in [3.63, 3.8) is 0 Å². The van der Waals surface area contributed by atoms with Crippen LogP contribution in [0, 0.1) is 0 Å². The highest BCUT2D eigenvalue weighted by molar-refractivity contribution is 9.10. The fraction of sp³-hybridized carbons (Fsp3) is 0. The average molecular weight is 213 g/mol. The molecule has 2 aromatic heterocycles.